The fraction of sp³-hybridized carbons (Fsp3) is 0.600. The van der Waals surface area contributed by atoms with Crippen molar-refractivity contribution in [2.24, 2.45) is 0 Å². The minimum atomic E-state index is 1.25. The van der Waals surface area contributed by atoms with Crippen LogP contribution >= 0.6 is 0 Å². The van der Waals surface area contributed by atoms with Crippen LogP contribution in [0, 0.1) is 0 Å². The lowest BCUT2D eigenvalue weighted by molar-refractivity contribution is 0.840. The molecule has 0 fully saturated rings. The summed E-state index contributed by atoms with van der Waals surface area (Å²) in [5, 5.41) is 0. The first-order valence-corrected chi connectivity index (χ1v) is 6.45. The van der Waals surface area contributed by atoms with Gasteiger partial charge in [0.15, 0.2) is 0 Å². The molecular weight excluding hydrogens is 180 g/mol. The molecule has 15 heavy (non-hydrogen) atoms. The standard InChI is InChI=1S/C15H24/c1-2-4-6-8-10-12-14-15-13-11-9-7-5-3-1/h1-2,9-12H,3-8,13-15H2/b2-1+,11-9+,12-10?. The molecule has 0 amide bonds. The molecule has 0 atom stereocenters. The molecule has 0 heteroatoms. The molecule has 0 radical (unpaired) electrons. The fourth-order valence-electron chi connectivity index (χ4n) is 1.77. The highest BCUT2D eigenvalue weighted by atomic mass is 13.9. The molecule has 84 valence electrons. The predicted molar refractivity (Wildman–Crippen MR) is 69.0 cm³/mol. The Bertz CT molecular complexity index is 152. The van der Waals surface area contributed by atoms with Crippen molar-refractivity contribution < 1.29 is 0 Å². The highest BCUT2D eigenvalue weighted by Gasteiger charge is 1.85. The van der Waals surface area contributed by atoms with Gasteiger partial charge in [-0.15, -0.1) is 0 Å². The third-order valence-electron chi connectivity index (χ3n) is 2.72. The Balaban J connectivity index is 2.23. The van der Waals surface area contributed by atoms with Crippen LogP contribution in [0.2, 0.25) is 0 Å². The van der Waals surface area contributed by atoms with Crippen molar-refractivity contribution in [3.63, 3.8) is 0 Å². The second-order valence-corrected chi connectivity index (χ2v) is 4.21. The van der Waals surface area contributed by atoms with E-state index in [9.17, 15) is 0 Å². The summed E-state index contributed by atoms with van der Waals surface area (Å²) in [4.78, 5) is 0. The minimum absolute atomic E-state index is 1.25. The van der Waals surface area contributed by atoms with E-state index in [1.807, 2.05) is 0 Å². The van der Waals surface area contributed by atoms with Crippen molar-refractivity contribution in [1.29, 1.82) is 0 Å². The van der Waals surface area contributed by atoms with Crippen molar-refractivity contribution in [1.82, 2.24) is 0 Å². The number of hydrogen-bond donors (Lipinski definition) is 0. The third-order valence-corrected chi connectivity index (χ3v) is 2.72. The van der Waals surface area contributed by atoms with E-state index in [0.29, 0.717) is 0 Å². The monoisotopic (exact) mass is 204 g/mol. The summed E-state index contributed by atoms with van der Waals surface area (Å²) < 4.78 is 0. The number of hydrogen-bond acceptors (Lipinski definition) is 0. The quantitative estimate of drug-likeness (QED) is 0.477. The lowest BCUT2D eigenvalue weighted by Gasteiger charge is -1.91. The first-order valence-electron chi connectivity index (χ1n) is 6.45. The molecule has 0 nitrogen and oxygen atoms in total. The zero-order valence-corrected chi connectivity index (χ0v) is 9.83. The van der Waals surface area contributed by atoms with Gasteiger partial charge in [0, 0.05) is 0 Å². The summed E-state index contributed by atoms with van der Waals surface area (Å²) in [7, 11) is 0. The summed E-state index contributed by atoms with van der Waals surface area (Å²) in [6, 6.07) is 0. The Morgan fingerprint density at radius 1 is 0.333 bits per heavy atom. The van der Waals surface area contributed by atoms with Gasteiger partial charge in [-0.2, -0.15) is 0 Å². The maximum absolute atomic E-state index is 2.34. The highest BCUT2D eigenvalue weighted by Crippen LogP contribution is 2.06. The second-order valence-electron chi connectivity index (χ2n) is 4.21. The van der Waals surface area contributed by atoms with Crippen LogP contribution in [0.25, 0.3) is 0 Å². The molecule has 0 heterocycles. The third kappa shape index (κ3) is 8.23. The van der Waals surface area contributed by atoms with E-state index in [4.69, 9.17) is 0 Å². The van der Waals surface area contributed by atoms with E-state index in [0.717, 1.165) is 0 Å². The van der Waals surface area contributed by atoms with E-state index < -0.39 is 0 Å². The molecule has 0 saturated carbocycles. The molecule has 1 aliphatic rings. The molecule has 1 aliphatic carbocycles. The molecule has 0 aromatic rings. The van der Waals surface area contributed by atoms with Crippen LogP contribution in [-0.2, 0) is 0 Å². The Morgan fingerprint density at radius 2 is 0.533 bits per heavy atom. The van der Waals surface area contributed by atoms with E-state index in [1.54, 1.807) is 0 Å². The van der Waals surface area contributed by atoms with Gasteiger partial charge in [0.2, 0.25) is 0 Å². The molecular formula is C15H24. The molecule has 0 N–H and O–H groups in total. The zero-order valence-electron chi connectivity index (χ0n) is 9.83. The van der Waals surface area contributed by atoms with Gasteiger partial charge >= 0.3 is 0 Å². The maximum atomic E-state index is 2.34. The molecule has 0 aliphatic heterocycles. The van der Waals surface area contributed by atoms with Gasteiger partial charge in [0.05, 0.1) is 0 Å². The van der Waals surface area contributed by atoms with Crippen LogP contribution in [0.5, 0.6) is 0 Å². The summed E-state index contributed by atoms with van der Waals surface area (Å²) in [5.41, 5.74) is 0. The minimum Gasteiger partial charge on any atom is -0.0885 e. The van der Waals surface area contributed by atoms with E-state index >= 15 is 0 Å². The molecule has 1 rings (SSSR count). The Kier molecular flexibility index (Phi) is 8.00. The Morgan fingerprint density at radius 3 is 0.733 bits per heavy atom. The van der Waals surface area contributed by atoms with Crippen LogP contribution < -0.4 is 0 Å². The normalized spacial score (nSPS) is 25.1. The first kappa shape index (κ1) is 12.3. The summed E-state index contributed by atoms with van der Waals surface area (Å²) >= 11 is 0. The largest absolute Gasteiger partial charge is 0.0885 e. The van der Waals surface area contributed by atoms with Gasteiger partial charge in [-0.25, -0.2) is 0 Å². The Hall–Kier alpha value is -0.780. The van der Waals surface area contributed by atoms with Crippen molar-refractivity contribution >= 4 is 0 Å². The lowest BCUT2D eigenvalue weighted by atomic mass is 10.2. The fourth-order valence-corrected chi connectivity index (χ4v) is 1.77. The van der Waals surface area contributed by atoms with Gasteiger partial charge in [-0.05, 0) is 57.8 Å². The average molecular weight is 204 g/mol. The van der Waals surface area contributed by atoms with Crippen LogP contribution in [0.3, 0.4) is 0 Å². The van der Waals surface area contributed by atoms with E-state index in [2.05, 4.69) is 36.5 Å². The predicted octanol–water partition coefficient (Wildman–Crippen LogP) is 5.18. The van der Waals surface area contributed by atoms with Gasteiger partial charge in [-0.3, -0.25) is 0 Å². The molecule has 0 aromatic carbocycles. The van der Waals surface area contributed by atoms with Gasteiger partial charge in [0.25, 0.3) is 0 Å². The van der Waals surface area contributed by atoms with Gasteiger partial charge in [-0.1, -0.05) is 36.5 Å². The first-order chi connectivity index (χ1) is 7.50. The van der Waals surface area contributed by atoms with E-state index in [1.165, 1.54) is 57.8 Å². The lowest BCUT2D eigenvalue weighted by Crippen LogP contribution is -1.71. The summed E-state index contributed by atoms with van der Waals surface area (Å²) in [5.74, 6) is 0. The summed E-state index contributed by atoms with van der Waals surface area (Å²) in [6.07, 6.45) is 25.5. The second kappa shape index (κ2) is 9.76. The molecule has 0 aromatic heterocycles. The van der Waals surface area contributed by atoms with Crippen LogP contribution in [0.4, 0.5) is 0 Å². The van der Waals surface area contributed by atoms with Crippen molar-refractivity contribution in [2.45, 2.75) is 57.8 Å². The van der Waals surface area contributed by atoms with Crippen LogP contribution in [0.1, 0.15) is 57.8 Å². The maximum Gasteiger partial charge on any atom is -0.0348 e. The molecule has 0 unspecified atom stereocenters. The molecule has 0 saturated heterocycles. The highest BCUT2D eigenvalue weighted by molar-refractivity contribution is 4.89. The van der Waals surface area contributed by atoms with Gasteiger partial charge < -0.3 is 0 Å². The van der Waals surface area contributed by atoms with Crippen molar-refractivity contribution in [3.8, 4) is 0 Å². The smallest absolute Gasteiger partial charge is 0.0348 e. The molecule has 0 spiro atoms. The average Bonchev–Trinajstić information content (AvgIpc) is 2.27. The number of rotatable bonds is 0. The topological polar surface area (TPSA) is 0 Å². The summed E-state index contributed by atoms with van der Waals surface area (Å²) in [6.45, 7) is 0. The zero-order chi connectivity index (χ0) is 10.6. The van der Waals surface area contributed by atoms with Crippen LogP contribution in [0.15, 0.2) is 36.5 Å². The molecule has 0 bridgehead atoms. The van der Waals surface area contributed by atoms with Crippen molar-refractivity contribution in [3.05, 3.63) is 36.5 Å². The van der Waals surface area contributed by atoms with E-state index in [-0.39, 0.29) is 0 Å². The van der Waals surface area contributed by atoms with Gasteiger partial charge in [0.1, 0.15) is 0 Å². The number of allylic oxidation sites excluding steroid dienone is 6. The van der Waals surface area contributed by atoms with Crippen molar-refractivity contribution in [2.75, 3.05) is 0 Å². The SMILES string of the molecule is C1=CCCC/C=C/CCC/C=C/CCC1. The van der Waals surface area contributed by atoms with Crippen LogP contribution in [-0.4, -0.2) is 0 Å². The Labute approximate surface area is 94.8 Å².